The van der Waals surface area contributed by atoms with E-state index in [0.29, 0.717) is 18.2 Å². The van der Waals surface area contributed by atoms with Gasteiger partial charge in [-0.25, -0.2) is 0 Å². The first-order valence-electron chi connectivity index (χ1n) is 7.83. The van der Waals surface area contributed by atoms with Crippen LogP contribution in [0.3, 0.4) is 0 Å². The summed E-state index contributed by atoms with van der Waals surface area (Å²) in [6.45, 7) is 2.05. The zero-order valence-corrected chi connectivity index (χ0v) is 12.3. The van der Waals surface area contributed by atoms with Gasteiger partial charge in [0.05, 0.1) is 11.4 Å². The highest BCUT2D eigenvalue weighted by Crippen LogP contribution is 2.43. The molecule has 22 heavy (non-hydrogen) atoms. The van der Waals surface area contributed by atoms with Crippen molar-refractivity contribution in [1.29, 1.82) is 0 Å². The van der Waals surface area contributed by atoms with Crippen LogP contribution >= 0.6 is 0 Å². The molecule has 1 amide bonds. The SMILES string of the molecule is O=C1CC(C2CCNCC2)c2c(n[nH]c2-c2ccccn2)N1. The summed E-state index contributed by atoms with van der Waals surface area (Å²) in [6.07, 6.45) is 4.52. The number of carbonyl (C=O) groups excluding carboxylic acids is 1. The predicted molar refractivity (Wildman–Crippen MR) is 83.4 cm³/mol. The summed E-state index contributed by atoms with van der Waals surface area (Å²) in [5.41, 5.74) is 2.95. The number of pyridine rings is 1. The molecule has 6 heteroatoms. The van der Waals surface area contributed by atoms with E-state index in [1.54, 1.807) is 6.20 Å². The quantitative estimate of drug-likeness (QED) is 0.790. The minimum atomic E-state index is 0.0649. The summed E-state index contributed by atoms with van der Waals surface area (Å²) in [7, 11) is 0. The third-order valence-corrected chi connectivity index (χ3v) is 4.71. The molecule has 114 valence electrons. The summed E-state index contributed by atoms with van der Waals surface area (Å²) in [4.78, 5) is 16.5. The molecule has 4 rings (SSSR count). The molecule has 1 fully saturated rings. The van der Waals surface area contributed by atoms with Crippen LogP contribution in [-0.4, -0.2) is 34.2 Å². The van der Waals surface area contributed by atoms with Crippen LogP contribution in [0.1, 0.15) is 30.7 Å². The van der Waals surface area contributed by atoms with Gasteiger partial charge in [0.1, 0.15) is 0 Å². The molecule has 1 unspecified atom stereocenters. The van der Waals surface area contributed by atoms with Crippen LogP contribution in [0.25, 0.3) is 11.4 Å². The lowest BCUT2D eigenvalue weighted by Crippen LogP contribution is -2.34. The number of nitrogens with zero attached hydrogens (tertiary/aromatic N) is 2. The Balaban J connectivity index is 1.77. The minimum Gasteiger partial charge on any atom is -0.317 e. The third-order valence-electron chi connectivity index (χ3n) is 4.71. The Hall–Kier alpha value is -2.21. The smallest absolute Gasteiger partial charge is 0.226 e. The standard InChI is InChI=1S/C16H19N5O/c22-13-9-11(10-4-7-17-8-5-10)14-15(20-21-16(14)19-13)12-3-1-2-6-18-12/h1-3,6,10-11,17H,4-5,7-9H2,(H2,19,20,21,22). The number of carbonyl (C=O) groups is 1. The fraction of sp³-hybridized carbons (Fsp3) is 0.438. The normalized spacial score (nSPS) is 22.2. The van der Waals surface area contributed by atoms with E-state index in [9.17, 15) is 4.79 Å². The van der Waals surface area contributed by atoms with Crippen molar-refractivity contribution in [3.8, 4) is 11.4 Å². The van der Waals surface area contributed by atoms with Gasteiger partial charge in [-0.05, 0) is 44.0 Å². The number of nitrogens with one attached hydrogen (secondary N) is 3. The van der Waals surface area contributed by atoms with Gasteiger partial charge in [-0.3, -0.25) is 14.9 Å². The lowest BCUT2D eigenvalue weighted by molar-refractivity contribution is -0.117. The van der Waals surface area contributed by atoms with Crippen molar-refractivity contribution in [2.45, 2.75) is 25.2 Å². The Morgan fingerprint density at radius 3 is 2.82 bits per heavy atom. The first kappa shape index (κ1) is 13.5. The summed E-state index contributed by atoms with van der Waals surface area (Å²) >= 11 is 0. The number of rotatable bonds is 2. The zero-order chi connectivity index (χ0) is 14.9. The molecule has 0 bridgehead atoms. The van der Waals surface area contributed by atoms with Gasteiger partial charge in [-0.1, -0.05) is 6.07 Å². The molecule has 2 aliphatic rings. The fourth-order valence-corrected chi connectivity index (χ4v) is 3.65. The first-order valence-corrected chi connectivity index (χ1v) is 7.83. The van der Waals surface area contributed by atoms with Crippen molar-refractivity contribution in [2.75, 3.05) is 18.4 Å². The van der Waals surface area contributed by atoms with E-state index in [2.05, 4.69) is 25.8 Å². The van der Waals surface area contributed by atoms with E-state index >= 15 is 0 Å². The molecule has 1 saturated heterocycles. The third kappa shape index (κ3) is 2.29. The highest BCUT2D eigenvalue weighted by atomic mass is 16.1. The summed E-state index contributed by atoms with van der Waals surface area (Å²) < 4.78 is 0. The van der Waals surface area contributed by atoms with Gasteiger partial charge >= 0.3 is 0 Å². The Labute approximate surface area is 128 Å². The topological polar surface area (TPSA) is 82.7 Å². The van der Waals surface area contributed by atoms with E-state index < -0.39 is 0 Å². The van der Waals surface area contributed by atoms with Gasteiger partial charge in [0.25, 0.3) is 0 Å². The Morgan fingerprint density at radius 1 is 1.18 bits per heavy atom. The number of piperidine rings is 1. The van der Waals surface area contributed by atoms with Gasteiger partial charge in [0.15, 0.2) is 5.82 Å². The largest absolute Gasteiger partial charge is 0.317 e. The molecule has 4 heterocycles. The van der Waals surface area contributed by atoms with Crippen LogP contribution < -0.4 is 10.6 Å². The van der Waals surface area contributed by atoms with Crippen LogP contribution in [0.4, 0.5) is 5.82 Å². The number of hydrogen-bond donors (Lipinski definition) is 3. The molecule has 2 aromatic heterocycles. The van der Waals surface area contributed by atoms with E-state index in [1.807, 2.05) is 18.2 Å². The maximum atomic E-state index is 12.0. The van der Waals surface area contributed by atoms with E-state index in [4.69, 9.17) is 0 Å². The van der Waals surface area contributed by atoms with Crippen molar-refractivity contribution in [1.82, 2.24) is 20.5 Å². The average molecular weight is 297 g/mol. The molecular weight excluding hydrogens is 278 g/mol. The number of aromatic amines is 1. The summed E-state index contributed by atoms with van der Waals surface area (Å²) in [5, 5.41) is 13.7. The van der Waals surface area contributed by atoms with Crippen molar-refractivity contribution in [3.63, 3.8) is 0 Å². The second-order valence-corrected chi connectivity index (χ2v) is 6.02. The highest BCUT2D eigenvalue weighted by Gasteiger charge is 2.36. The summed E-state index contributed by atoms with van der Waals surface area (Å²) in [5.74, 6) is 1.49. The lowest BCUT2D eigenvalue weighted by Gasteiger charge is -2.33. The molecule has 0 radical (unpaired) electrons. The Bertz CT molecular complexity index is 675. The monoisotopic (exact) mass is 297 g/mol. The number of amides is 1. The molecule has 0 aliphatic carbocycles. The van der Waals surface area contributed by atoms with Crippen LogP contribution in [0, 0.1) is 5.92 Å². The summed E-state index contributed by atoms with van der Waals surface area (Å²) in [6, 6.07) is 5.85. The van der Waals surface area contributed by atoms with Crippen molar-refractivity contribution >= 4 is 11.7 Å². The second kappa shape index (κ2) is 5.53. The Kier molecular flexibility index (Phi) is 3.38. The molecule has 0 spiro atoms. The molecule has 2 aromatic rings. The predicted octanol–water partition coefficient (Wildman–Crippen LogP) is 1.90. The minimum absolute atomic E-state index is 0.0649. The van der Waals surface area contributed by atoms with Gasteiger partial charge in [-0.15, -0.1) is 0 Å². The maximum Gasteiger partial charge on any atom is 0.226 e. The van der Waals surface area contributed by atoms with Crippen LogP contribution in [0.15, 0.2) is 24.4 Å². The number of aromatic nitrogens is 3. The molecule has 0 saturated carbocycles. The van der Waals surface area contributed by atoms with Crippen LogP contribution in [0.5, 0.6) is 0 Å². The number of fused-ring (bicyclic) bond motifs is 1. The van der Waals surface area contributed by atoms with Gasteiger partial charge in [0, 0.05) is 24.1 Å². The van der Waals surface area contributed by atoms with E-state index in [-0.39, 0.29) is 11.8 Å². The molecule has 0 aromatic carbocycles. The molecule has 1 atom stereocenters. The van der Waals surface area contributed by atoms with E-state index in [0.717, 1.165) is 42.9 Å². The Morgan fingerprint density at radius 2 is 2.05 bits per heavy atom. The van der Waals surface area contributed by atoms with Gasteiger partial charge in [0.2, 0.25) is 5.91 Å². The zero-order valence-electron chi connectivity index (χ0n) is 12.3. The average Bonchev–Trinajstić information content (AvgIpc) is 2.99. The number of H-pyrrole nitrogens is 1. The molecule has 2 aliphatic heterocycles. The second-order valence-electron chi connectivity index (χ2n) is 6.02. The van der Waals surface area contributed by atoms with Crippen LogP contribution in [-0.2, 0) is 4.79 Å². The van der Waals surface area contributed by atoms with Crippen molar-refractivity contribution in [2.24, 2.45) is 5.92 Å². The highest BCUT2D eigenvalue weighted by molar-refractivity contribution is 5.95. The van der Waals surface area contributed by atoms with E-state index in [1.165, 1.54) is 0 Å². The first-order chi connectivity index (χ1) is 10.8. The molecule has 6 nitrogen and oxygen atoms in total. The number of hydrogen-bond acceptors (Lipinski definition) is 4. The van der Waals surface area contributed by atoms with Crippen molar-refractivity contribution < 1.29 is 4.79 Å². The number of anilines is 1. The van der Waals surface area contributed by atoms with Gasteiger partial charge < -0.3 is 10.6 Å². The lowest BCUT2D eigenvalue weighted by atomic mass is 9.76. The molecule has 3 N–H and O–H groups in total. The van der Waals surface area contributed by atoms with Crippen molar-refractivity contribution in [3.05, 3.63) is 30.0 Å². The van der Waals surface area contributed by atoms with Crippen LogP contribution in [0.2, 0.25) is 0 Å². The van der Waals surface area contributed by atoms with Gasteiger partial charge in [-0.2, -0.15) is 5.10 Å². The molecular formula is C16H19N5O. The maximum absolute atomic E-state index is 12.0. The fourth-order valence-electron chi connectivity index (χ4n) is 3.65.